The van der Waals surface area contributed by atoms with Gasteiger partial charge in [-0.05, 0) is 18.3 Å². The largest absolute Gasteiger partial charge is 0.382 e. The van der Waals surface area contributed by atoms with E-state index >= 15 is 0 Å². The molecule has 2 aromatic rings. The zero-order valence-electron chi connectivity index (χ0n) is 10.6. The molecule has 0 amide bonds. The number of nitrogens with two attached hydrogens (primary N) is 1. The Morgan fingerprint density at radius 1 is 1.24 bits per heavy atom. The summed E-state index contributed by atoms with van der Waals surface area (Å²) in [4.78, 5) is 12.4. The maximum absolute atomic E-state index is 5.74. The summed E-state index contributed by atoms with van der Waals surface area (Å²) in [6, 6.07) is 0. The van der Waals surface area contributed by atoms with Crippen LogP contribution in [-0.2, 0) is 6.54 Å². The molecule has 5 heteroatoms. The number of nitrogens with zero attached hydrogens (tertiary/aromatic N) is 4. The standard InChI is InChI=1S/C12H19N5/c1-12(2,3)5-4-6-17-8-16-9-10(13)14-7-15-11(9)17/h7-8H,4-6H2,1-3H3,(H2,13,14,15). The van der Waals surface area contributed by atoms with E-state index in [2.05, 4.69) is 35.7 Å². The number of nitrogen functional groups attached to an aromatic ring is 1. The maximum atomic E-state index is 5.74. The van der Waals surface area contributed by atoms with Crippen LogP contribution in [0.25, 0.3) is 11.2 Å². The number of hydrogen-bond acceptors (Lipinski definition) is 4. The van der Waals surface area contributed by atoms with E-state index in [1.54, 1.807) is 6.33 Å². The van der Waals surface area contributed by atoms with Crippen molar-refractivity contribution in [3.05, 3.63) is 12.7 Å². The summed E-state index contributed by atoms with van der Waals surface area (Å²) in [5.41, 5.74) is 7.63. The predicted octanol–water partition coefficient (Wildman–Crippen LogP) is 2.23. The first-order valence-corrected chi connectivity index (χ1v) is 5.89. The Labute approximate surface area is 101 Å². The highest BCUT2D eigenvalue weighted by Crippen LogP contribution is 2.22. The van der Waals surface area contributed by atoms with E-state index in [9.17, 15) is 0 Å². The molecule has 0 aliphatic heterocycles. The van der Waals surface area contributed by atoms with Gasteiger partial charge in [-0.2, -0.15) is 0 Å². The van der Waals surface area contributed by atoms with Gasteiger partial charge in [0.25, 0.3) is 0 Å². The second-order valence-corrected chi connectivity index (χ2v) is 5.53. The average molecular weight is 233 g/mol. The van der Waals surface area contributed by atoms with Crippen molar-refractivity contribution in [3.8, 4) is 0 Å². The summed E-state index contributed by atoms with van der Waals surface area (Å²) < 4.78 is 2.04. The summed E-state index contributed by atoms with van der Waals surface area (Å²) in [5, 5.41) is 0. The topological polar surface area (TPSA) is 69.6 Å². The van der Waals surface area contributed by atoms with E-state index in [1.807, 2.05) is 4.57 Å². The number of aryl methyl sites for hydroxylation is 1. The van der Waals surface area contributed by atoms with E-state index in [0.717, 1.165) is 18.6 Å². The molecule has 0 fully saturated rings. The van der Waals surface area contributed by atoms with Gasteiger partial charge >= 0.3 is 0 Å². The third kappa shape index (κ3) is 2.72. The molecule has 0 spiro atoms. The molecule has 0 saturated carbocycles. The molecule has 0 aliphatic rings. The van der Waals surface area contributed by atoms with Gasteiger partial charge in [0.05, 0.1) is 6.33 Å². The monoisotopic (exact) mass is 233 g/mol. The highest BCUT2D eigenvalue weighted by molar-refractivity contribution is 5.80. The van der Waals surface area contributed by atoms with Crippen LogP contribution in [-0.4, -0.2) is 19.5 Å². The highest BCUT2D eigenvalue weighted by atomic mass is 15.1. The van der Waals surface area contributed by atoms with Gasteiger partial charge in [-0.25, -0.2) is 15.0 Å². The number of hydrogen-bond donors (Lipinski definition) is 1. The molecule has 5 nitrogen and oxygen atoms in total. The lowest BCUT2D eigenvalue weighted by molar-refractivity contribution is 0.354. The normalized spacial score (nSPS) is 12.2. The molecule has 0 unspecified atom stereocenters. The van der Waals surface area contributed by atoms with Crippen molar-refractivity contribution < 1.29 is 0 Å². The summed E-state index contributed by atoms with van der Waals surface area (Å²) in [6.07, 6.45) is 5.56. The number of rotatable bonds is 3. The second kappa shape index (κ2) is 4.31. The van der Waals surface area contributed by atoms with Gasteiger partial charge in [-0.1, -0.05) is 20.8 Å². The molecule has 2 aromatic heterocycles. The van der Waals surface area contributed by atoms with Crippen LogP contribution in [0.4, 0.5) is 5.82 Å². The minimum absolute atomic E-state index is 0.365. The average Bonchev–Trinajstić information content (AvgIpc) is 2.61. The SMILES string of the molecule is CC(C)(C)CCCn1cnc2c(N)ncnc21. The Balaban J connectivity index is 2.12. The van der Waals surface area contributed by atoms with E-state index in [4.69, 9.17) is 5.73 Å². The molecule has 0 aliphatic carbocycles. The number of imidazole rings is 1. The van der Waals surface area contributed by atoms with Crippen molar-refractivity contribution in [1.29, 1.82) is 0 Å². The number of anilines is 1. The van der Waals surface area contributed by atoms with Crippen LogP contribution in [0.5, 0.6) is 0 Å². The van der Waals surface area contributed by atoms with Gasteiger partial charge in [0.2, 0.25) is 0 Å². The third-order valence-electron chi connectivity index (χ3n) is 2.76. The fourth-order valence-electron chi connectivity index (χ4n) is 1.84. The van der Waals surface area contributed by atoms with Crippen LogP contribution in [0.1, 0.15) is 33.6 Å². The Morgan fingerprint density at radius 2 is 2.00 bits per heavy atom. The first-order chi connectivity index (χ1) is 7.97. The summed E-state index contributed by atoms with van der Waals surface area (Å²) >= 11 is 0. The minimum atomic E-state index is 0.365. The molecular weight excluding hydrogens is 214 g/mol. The van der Waals surface area contributed by atoms with Crippen LogP contribution in [0.15, 0.2) is 12.7 Å². The van der Waals surface area contributed by atoms with Crippen molar-refractivity contribution >= 4 is 17.0 Å². The first-order valence-electron chi connectivity index (χ1n) is 5.89. The predicted molar refractivity (Wildman–Crippen MR) is 68.4 cm³/mol. The van der Waals surface area contributed by atoms with Gasteiger partial charge in [0, 0.05) is 6.54 Å². The van der Waals surface area contributed by atoms with Gasteiger partial charge in [0.15, 0.2) is 11.5 Å². The molecule has 0 radical (unpaired) electrons. The summed E-state index contributed by atoms with van der Waals surface area (Å²) in [7, 11) is 0. The Morgan fingerprint density at radius 3 is 2.71 bits per heavy atom. The highest BCUT2D eigenvalue weighted by Gasteiger charge is 2.11. The molecule has 17 heavy (non-hydrogen) atoms. The Hall–Kier alpha value is -1.65. The van der Waals surface area contributed by atoms with Gasteiger partial charge in [-0.3, -0.25) is 0 Å². The summed E-state index contributed by atoms with van der Waals surface area (Å²) in [5.74, 6) is 0.449. The lowest BCUT2D eigenvalue weighted by atomic mass is 9.91. The van der Waals surface area contributed by atoms with Crippen molar-refractivity contribution in [1.82, 2.24) is 19.5 Å². The quantitative estimate of drug-likeness (QED) is 0.882. The lowest BCUT2D eigenvalue weighted by Gasteiger charge is -2.17. The molecule has 0 aromatic carbocycles. The Kier molecular flexibility index (Phi) is 3.00. The molecule has 2 heterocycles. The first kappa shape index (κ1) is 11.8. The van der Waals surface area contributed by atoms with E-state index in [1.165, 1.54) is 12.7 Å². The maximum Gasteiger partial charge on any atom is 0.165 e. The molecule has 0 bridgehead atoms. The fraction of sp³-hybridized carbons (Fsp3) is 0.583. The van der Waals surface area contributed by atoms with Crippen molar-refractivity contribution in [2.24, 2.45) is 5.41 Å². The minimum Gasteiger partial charge on any atom is -0.382 e. The molecule has 92 valence electrons. The van der Waals surface area contributed by atoms with Crippen LogP contribution in [0, 0.1) is 5.41 Å². The van der Waals surface area contributed by atoms with Crippen molar-refractivity contribution in [3.63, 3.8) is 0 Å². The third-order valence-corrected chi connectivity index (χ3v) is 2.76. The second-order valence-electron chi connectivity index (χ2n) is 5.53. The van der Waals surface area contributed by atoms with E-state index < -0.39 is 0 Å². The number of aromatic nitrogens is 4. The molecule has 0 saturated heterocycles. The molecular formula is C12H19N5. The van der Waals surface area contributed by atoms with Crippen molar-refractivity contribution in [2.75, 3.05) is 5.73 Å². The molecule has 2 N–H and O–H groups in total. The molecule has 0 atom stereocenters. The Bertz CT molecular complexity index is 509. The van der Waals surface area contributed by atoms with Gasteiger partial charge in [0.1, 0.15) is 11.8 Å². The number of fused-ring (bicyclic) bond motifs is 1. The van der Waals surface area contributed by atoms with Crippen LogP contribution >= 0.6 is 0 Å². The smallest absolute Gasteiger partial charge is 0.165 e. The van der Waals surface area contributed by atoms with E-state index in [0.29, 0.717) is 16.7 Å². The van der Waals surface area contributed by atoms with Gasteiger partial charge in [-0.15, -0.1) is 0 Å². The van der Waals surface area contributed by atoms with Gasteiger partial charge < -0.3 is 10.3 Å². The van der Waals surface area contributed by atoms with E-state index in [-0.39, 0.29) is 0 Å². The molecule has 2 rings (SSSR count). The zero-order chi connectivity index (χ0) is 12.5. The zero-order valence-corrected chi connectivity index (χ0v) is 10.6. The van der Waals surface area contributed by atoms with Crippen LogP contribution < -0.4 is 5.73 Å². The van der Waals surface area contributed by atoms with Crippen LogP contribution in [0.3, 0.4) is 0 Å². The fourth-order valence-corrected chi connectivity index (χ4v) is 1.84. The lowest BCUT2D eigenvalue weighted by Crippen LogP contribution is -2.07. The summed E-state index contributed by atoms with van der Waals surface area (Å²) in [6.45, 7) is 7.67. The van der Waals surface area contributed by atoms with Crippen LogP contribution in [0.2, 0.25) is 0 Å². The van der Waals surface area contributed by atoms with Crippen molar-refractivity contribution in [2.45, 2.75) is 40.2 Å².